The topological polar surface area (TPSA) is 66.4 Å². The fourth-order valence-electron chi connectivity index (χ4n) is 2.82. The molecule has 0 aliphatic heterocycles. The van der Waals surface area contributed by atoms with Crippen LogP contribution in [0, 0.1) is 0 Å². The highest BCUT2D eigenvalue weighted by Gasteiger charge is 2.15. The predicted octanol–water partition coefficient (Wildman–Crippen LogP) is 3.70. The summed E-state index contributed by atoms with van der Waals surface area (Å²) in [5.41, 5.74) is 3.27. The lowest BCUT2D eigenvalue weighted by atomic mass is 9.99. The lowest BCUT2D eigenvalue weighted by Gasteiger charge is -2.12. The van der Waals surface area contributed by atoms with Gasteiger partial charge in [0.2, 0.25) is 0 Å². The van der Waals surface area contributed by atoms with E-state index < -0.39 is 12.4 Å². The average molecular weight is 345 g/mol. The highest BCUT2D eigenvalue weighted by Crippen LogP contribution is 2.19. The summed E-state index contributed by atoms with van der Waals surface area (Å²) in [5.74, 6) is -0.715. The highest BCUT2D eigenvalue weighted by atomic mass is 16.3. The molecule has 3 rings (SSSR count). The maximum Gasteiger partial charge on any atom is 0.255 e. The van der Waals surface area contributed by atoms with Gasteiger partial charge in [0.15, 0.2) is 5.78 Å². The van der Waals surface area contributed by atoms with Crippen LogP contribution in [-0.2, 0) is 6.42 Å². The molecule has 0 spiro atoms. The van der Waals surface area contributed by atoms with Gasteiger partial charge in [0.1, 0.15) is 6.61 Å². The summed E-state index contributed by atoms with van der Waals surface area (Å²) < 4.78 is 0. The predicted molar refractivity (Wildman–Crippen MR) is 102 cm³/mol. The summed E-state index contributed by atoms with van der Waals surface area (Å²) in [6.45, 7) is -0.600. The maximum absolute atomic E-state index is 12.8. The molecule has 2 N–H and O–H groups in total. The first-order chi connectivity index (χ1) is 12.7. The van der Waals surface area contributed by atoms with E-state index in [2.05, 4.69) is 5.32 Å². The van der Waals surface area contributed by atoms with E-state index >= 15 is 0 Å². The molecule has 0 saturated heterocycles. The molecule has 0 fully saturated rings. The highest BCUT2D eigenvalue weighted by molar-refractivity contribution is 6.10. The van der Waals surface area contributed by atoms with Crippen LogP contribution in [0.1, 0.15) is 31.8 Å². The third-order valence-electron chi connectivity index (χ3n) is 4.12. The Hall–Kier alpha value is -3.24. The van der Waals surface area contributed by atoms with E-state index in [-0.39, 0.29) is 5.91 Å². The van der Waals surface area contributed by atoms with E-state index in [4.69, 9.17) is 5.11 Å². The molecule has 0 atom stereocenters. The molecule has 0 saturated carbocycles. The summed E-state index contributed by atoms with van der Waals surface area (Å²) in [5, 5.41) is 11.9. The largest absolute Gasteiger partial charge is 0.388 e. The van der Waals surface area contributed by atoms with Crippen LogP contribution in [0.25, 0.3) is 0 Å². The fourth-order valence-corrected chi connectivity index (χ4v) is 2.82. The van der Waals surface area contributed by atoms with Gasteiger partial charge in [-0.3, -0.25) is 9.59 Å². The Bertz CT molecular complexity index is 919. The number of carbonyl (C=O) groups is 2. The number of anilines is 1. The monoisotopic (exact) mass is 345 g/mol. The second kappa shape index (κ2) is 8.23. The van der Waals surface area contributed by atoms with Gasteiger partial charge in [-0.1, -0.05) is 60.7 Å². The summed E-state index contributed by atoms with van der Waals surface area (Å²) in [6.07, 6.45) is 0.641. The molecule has 0 radical (unpaired) electrons. The summed E-state index contributed by atoms with van der Waals surface area (Å²) in [4.78, 5) is 24.7. The van der Waals surface area contributed by atoms with Crippen molar-refractivity contribution in [2.75, 3.05) is 11.9 Å². The van der Waals surface area contributed by atoms with Crippen molar-refractivity contribution in [1.82, 2.24) is 0 Å². The molecule has 3 aromatic rings. The van der Waals surface area contributed by atoms with Crippen molar-refractivity contribution in [3.8, 4) is 0 Å². The minimum atomic E-state index is -0.600. The van der Waals surface area contributed by atoms with Crippen LogP contribution < -0.4 is 5.32 Å². The number of rotatable bonds is 6. The Labute approximate surface area is 152 Å². The first kappa shape index (κ1) is 17.6. The van der Waals surface area contributed by atoms with E-state index in [9.17, 15) is 9.59 Å². The summed E-state index contributed by atoms with van der Waals surface area (Å²) >= 11 is 0. The van der Waals surface area contributed by atoms with Crippen molar-refractivity contribution in [2.45, 2.75) is 6.42 Å². The zero-order valence-corrected chi connectivity index (χ0v) is 14.2. The molecule has 130 valence electrons. The number of aliphatic hydroxyl groups is 1. The Kier molecular flexibility index (Phi) is 5.56. The van der Waals surface area contributed by atoms with Crippen molar-refractivity contribution in [3.05, 3.63) is 101 Å². The Morgan fingerprint density at radius 3 is 2.12 bits per heavy atom. The van der Waals surface area contributed by atoms with Crippen LogP contribution in [0.2, 0.25) is 0 Å². The lowest BCUT2D eigenvalue weighted by Crippen LogP contribution is -2.17. The first-order valence-electron chi connectivity index (χ1n) is 8.35. The lowest BCUT2D eigenvalue weighted by molar-refractivity contribution is 0.0904. The van der Waals surface area contributed by atoms with Crippen molar-refractivity contribution < 1.29 is 14.7 Å². The molecule has 0 aromatic heterocycles. The van der Waals surface area contributed by atoms with E-state index in [0.717, 1.165) is 11.1 Å². The van der Waals surface area contributed by atoms with E-state index in [1.54, 1.807) is 30.3 Å². The Balaban J connectivity index is 1.87. The normalized spacial score (nSPS) is 10.3. The van der Waals surface area contributed by atoms with Crippen LogP contribution in [0.3, 0.4) is 0 Å². The first-order valence-corrected chi connectivity index (χ1v) is 8.35. The molecule has 4 nitrogen and oxygen atoms in total. The minimum absolute atomic E-state index is 0.283. The van der Waals surface area contributed by atoms with Gasteiger partial charge in [-0.2, -0.15) is 0 Å². The molecule has 1 amide bonds. The van der Waals surface area contributed by atoms with E-state index in [1.165, 1.54) is 0 Å². The van der Waals surface area contributed by atoms with Gasteiger partial charge in [0, 0.05) is 11.1 Å². The molecular formula is C22H19NO3. The number of nitrogens with one attached hydrogen (secondary N) is 1. The molecule has 0 aliphatic rings. The van der Waals surface area contributed by atoms with E-state index in [0.29, 0.717) is 23.2 Å². The Morgan fingerprint density at radius 1 is 0.769 bits per heavy atom. The van der Waals surface area contributed by atoms with Crippen LogP contribution in [-0.4, -0.2) is 23.4 Å². The number of amides is 1. The zero-order chi connectivity index (χ0) is 18.4. The average Bonchev–Trinajstić information content (AvgIpc) is 2.69. The zero-order valence-electron chi connectivity index (χ0n) is 14.2. The molecule has 4 heteroatoms. The van der Waals surface area contributed by atoms with Gasteiger partial charge < -0.3 is 10.4 Å². The summed E-state index contributed by atoms with van der Waals surface area (Å²) in [6, 6.07) is 24.0. The standard InChI is InChI=1S/C22H19NO3/c24-15-21(25)19-12-6-7-13-20(19)23-22(26)18-11-5-4-10-17(18)14-16-8-2-1-3-9-16/h1-13,24H,14-15H2,(H,23,26). The second-order valence-corrected chi connectivity index (χ2v) is 5.90. The number of para-hydroxylation sites is 1. The van der Waals surface area contributed by atoms with Crippen LogP contribution in [0.5, 0.6) is 0 Å². The number of carbonyl (C=O) groups excluding carboxylic acids is 2. The van der Waals surface area contributed by atoms with Crippen molar-refractivity contribution in [2.24, 2.45) is 0 Å². The molecule has 0 bridgehead atoms. The fraction of sp³-hybridized carbons (Fsp3) is 0.0909. The third-order valence-corrected chi connectivity index (χ3v) is 4.12. The van der Waals surface area contributed by atoms with Gasteiger partial charge in [-0.25, -0.2) is 0 Å². The molecule has 3 aromatic carbocycles. The van der Waals surface area contributed by atoms with Crippen LogP contribution >= 0.6 is 0 Å². The number of aliphatic hydroxyl groups excluding tert-OH is 1. The summed E-state index contributed by atoms with van der Waals surface area (Å²) in [7, 11) is 0. The van der Waals surface area contributed by atoms with Gasteiger partial charge in [-0.05, 0) is 35.7 Å². The van der Waals surface area contributed by atoms with Crippen molar-refractivity contribution in [3.63, 3.8) is 0 Å². The quantitative estimate of drug-likeness (QED) is 0.670. The number of hydrogen-bond donors (Lipinski definition) is 2. The number of Topliss-reactive ketones (excluding diaryl/α,β-unsaturated/α-hetero) is 1. The molecular weight excluding hydrogens is 326 g/mol. The number of ketones is 1. The molecule has 0 heterocycles. The maximum atomic E-state index is 12.8. The SMILES string of the molecule is O=C(Nc1ccccc1C(=O)CO)c1ccccc1Cc1ccccc1. The number of benzene rings is 3. The van der Waals surface area contributed by atoms with Gasteiger partial charge in [-0.15, -0.1) is 0 Å². The van der Waals surface area contributed by atoms with Gasteiger partial charge >= 0.3 is 0 Å². The minimum Gasteiger partial charge on any atom is -0.388 e. The van der Waals surface area contributed by atoms with Crippen LogP contribution in [0.15, 0.2) is 78.9 Å². The van der Waals surface area contributed by atoms with Crippen molar-refractivity contribution in [1.29, 1.82) is 0 Å². The third kappa shape index (κ3) is 4.05. The molecule has 0 unspecified atom stereocenters. The Morgan fingerprint density at radius 2 is 1.38 bits per heavy atom. The molecule has 0 aliphatic carbocycles. The van der Waals surface area contributed by atoms with Gasteiger partial charge in [0.05, 0.1) is 5.69 Å². The van der Waals surface area contributed by atoms with Crippen molar-refractivity contribution >= 4 is 17.4 Å². The van der Waals surface area contributed by atoms with E-state index in [1.807, 2.05) is 48.5 Å². The van der Waals surface area contributed by atoms with Gasteiger partial charge in [0.25, 0.3) is 5.91 Å². The number of hydrogen-bond acceptors (Lipinski definition) is 3. The second-order valence-electron chi connectivity index (χ2n) is 5.90. The van der Waals surface area contributed by atoms with Crippen LogP contribution in [0.4, 0.5) is 5.69 Å². The smallest absolute Gasteiger partial charge is 0.255 e. The molecule has 26 heavy (non-hydrogen) atoms.